The first-order valence-corrected chi connectivity index (χ1v) is 9.76. The van der Waals surface area contributed by atoms with Gasteiger partial charge in [-0.05, 0) is 38.5 Å². The van der Waals surface area contributed by atoms with Crippen molar-refractivity contribution in [1.29, 1.82) is 0 Å². The second-order valence-electron chi connectivity index (χ2n) is 8.01. The standard InChI is InChI=1S/C21H21FN6O2/c1-12-5-4-7-28-15(12)9-14(26-28)18-17-13(24-11-25-17)6-8-27(18)19(29)16-10-23-20(30-16)21(2,3)22/h4-5,7,9-11,18H,6,8H2,1-3H3,(H,24,25)/t18-/m0/s1. The number of carbonyl (C=O) groups excluding carboxylic acids is 1. The minimum Gasteiger partial charge on any atom is -0.432 e. The Kier molecular flexibility index (Phi) is 4.02. The van der Waals surface area contributed by atoms with Crippen molar-refractivity contribution >= 4 is 11.4 Å². The number of aromatic amines is 1. The SMILES string of the molecule is Cc1cccn2nc([C@H]3c4nc[nH]c4CCN3C(=O)c3cnc(C(C)(C)F)o3)cc12. The highest BCUT2D eigenvalue weighted by atomic mass is 19.1. The summed E-state index contributed by atoms with van der Waals surface area (Å²) in [5.41, 5.74) is 2.70. The average molecular weight is 408 g/mol. The molecule has 1 aliphatic heterocycles. The first-order valence-electron chi connectivity index (χ1n) is 9.76. The van der Waals surface area contributed by atoms with Crippen molar-refractivity contribution < 1.29 is 13.6 Å². The Balaban J connectivity index is 1.59. The lowest BCUT2D eigenvalue weighted by molar-refractivity contribution is 0.0643. The van der Waals surface area contributed by atoms with Gasteiger partial charge in [0.05, 0.1) is 29.4 Å². The number of hydrogen-bond donors (Lipinski definition) is 1. The van der Waals surface area contributed by atoms with Crippen LogP contribution in [0.25, 0.3) is 5.52 Å². The molecule has 30 heavy (non-hydrogen) atoms. The molecule has 5 heterocycles. The molecular weight excluding hydrogens is 387 g/mol. The number of hydrogen-bond acceptors (Lipinski definition) is 5. The molecule has 4 aromatic rings. The van der Waals surface area contributed by atoms with Gasteiger partial charge in [-0.1, -0.05) is 6.07 Å². The van der Waals surface area contributed by atoms with Gasteiger partial charge in [-0.2, -0.15) is 5.10 Å². The van der Waals surface area contributed by atoms with E-state index in [-0.39, 0.29) is 17.6 Å². The van der Waals surface area contributed by atoms with Gasteiger partial charge in [-0.25, -0.2) is 18.9 Å². The molecule has 8 nitrogen and oxygen atoms in total. The van der Waals surface area contributed by atoms with E-state index < -0.39 is 11.7 Å². The van der Waals surface area contributed by atoms with Crippen molar-refractivity contribution in [3.05, 3.63) is 71.2 Å². The van der Waals surface area contributed by atoms with Crippen LogP contribution in [-0.2, 0) is 12.1 Å². The van der Waals surface area contributed by atoms with Crippen LogP contribution in [0.4, 0.5) is 4.39 Å². The average Bonchev–Trinajstić information content (AvgIpc) is 3.44. The van der Waals surface area contributed by atoms with Crippen LogP contribution in [0, 0.1) is 6.92 Å². The minimum absolute atomic E-state index is 0.000319. The predicted octanol–water partition coefficient (Wildman–Crippen LogP) is 3.35. The summed E-state index contributed by atoms with van der Waals surface area (Å²) in [6.07, 6.45) is 5.41. The third-order valence-electron chi connectivity index (χ3n) is 5.42. The van der Waals surface area contributed by atoms with E-state index in [1.165, 1.54) is 20.0 Å². The lowest BCUT2D eigenvalue weighted by Gasteiger charge is -2.33. The monoisotopic (exact) mass is 408 g/mol. The fourth-order valence-electron chi connectivity index (χ4n) is 3.89. The maximum atomic E-state index is 14.2. The molecular formula is C21H21FN6O2. The molecule has 1 atom stereocenters. The Morgan fingerprint density at radius 1 is 1.37 bits per heavy atom. The van der Waals surface area contributed by atoms with Gasteiger partial charge < -0.3 is 14.3 Å². The Morgan fingerprint density at radius 2 is 2.20 bits per heavy atom. The van der Waals surface area contributed by atoms with E-state index in [0.29, 0.717) is 18.7 Å². The van der Waals surface area contributed by atoms with E-state index >= 15 is 0 Å². The van der Waals surface area contributed by atoms with Gasteiger partial charge in [0.15, 0.2) is 5.67 Å². The highest BCUT2D eigenvalue weighted by molar-refractivity contribution is 5.92. The van der Waals surface area contributed by atoms with Crippen molar-refractivity contribution in [2.24, 2.45) is 0 Å². The van der Waals surface area contributed by atoms with Crippen molar-refractivity contribution in [3.63, 3.8) is 0 Å². The predicted molar refractivity (Wildman–Crippen MR) is 106 cm³/mol. The van der Waals surface area contributed by atoms with Gasteiger partial charge >= 0.3 is 0 Å². The van der Waals surface area contributed by atoms with Crippen LogP contribution < -0.4 is 0 Å². The number of nitrogens with one attached hydrogen (secondary N) is 1. The summed E-state index contributed by atoms with van der Waals surface area (Å²) in [5, 5.41) is 4.71. The molecule has 0 unspecified atom stereocenters. The highest BCUT2D eigenvalue weighted by Gasteiger charge is 2.38. The number of halogens is 1. The number of rotatable bonds is 3. The Bertz CT molecular complexity index is 1250. The van der Waals surface area contributed by atoms with Gasteiger partial charge in [-0.15, -0.1) is 0 Å². The Hall–Kier alpha value is -3.49. The maximum Gasteiger partial charge on any atom is 0.292 e. The Labute approximate surface area is 171 Å². The largest absolute Gasteiger partial charge is 0.432 e. The van der Waals surface area contributed by atoms with Crippen molar-refractivity contribution in [1.82, 2.24) is 29.5 Å². The van der Waals surface area contributed by atoms with E-state index in [9.17, 15) is 9.18 Å². The number of alkyl halides is 1. The molecule has 5 rings (SSSR count). The smallest absolute Gasteiger partial charge is 0.292 e. The summed E-state index contributed by atoms with van der Waals surface area (Å²) in [7, 11) is 0. The van der Waals surface area contributed by atoms with Crippen LogP contribution in [0.2, 0.25) is 0 Å². The summed E-state index contributed by atoms with van der Waals surface area (Å²) < 4.78 is 21.4. The molecule has 1 N–H and O–H groups in total. The van der Waals surface area contributed by atoms with Gasteiger partial charge in [0, 0.05) is 24.9 Å². The molecule has 0 aliphatic carbocycles. The molecule has 0 aromatic carbocycles. The molecule has 1 aliphatic rings. The number of carbonyl (C=O) groups is 1. The van der Waals surface area contributed by atoms with Gasteiger partial charge in [0.2, 0.25) is 11.7 Å². The number of pyridine rings is 1. The summed E-state index contributed by atoms with van der Waals surface area (Å²) >= 11 is 0. The molecule has 0 saturated heterocycles. The van der Waals surface area contributed by atoms with Gasteiger partial charge in [0.1, 0.15) is 6.04 Å². The van der Waals surface area contributed by atoms with Crippen LogP contribution in [0.3, 0.4) is 0 Å². The number of fused-ring (bicyclic) bond motifs is 2. The fourth-order valence-corrected chi connectivity index (χ4v) is 3.89. The van der Waals surface area contributed by atoms with E-state index in [0.717, 1.165) is 22.5 Å². The zero-order valence-corrected chi connectivity index (χ0v) is 16.9. The summed E-state index contributed by atoms with van der Waals surface area (Å²) in [6, 6.07) is 5.43. The quantitative estimate of drug-likeness (QED) is 0.561. The van der Waals surface area contributed by atoms with E-state index in [1.807, 2.05) is 31.3 Å². The summed E-state index contributed by atoms with van der Waals surface area (Å²) in [6.45, 7) is 5.14. The topological polar surface area (TPSA) is 92.3 Å². The molecule has 4 aromatic heterocycles. The second-order valence-corrected chi connectivity index (χ2v) is 8.01. The first kappa shape index (κ1) is 18.5. The number of aromatic nitrogens is 5. The normalized spacial score (nSPS) is 16.8. The highest BCUT2D eigenvalue weighted by Crippen LogP contribution is 2.35. The number of nitrogens with zero attached hydrogens (tertiary/aromatic N) is 5. The molecule has 9 heteroatoms. The minimum atomic E-state index is -1.77. The molecule has 0 saturated carbocycles. The number of amides is 1. The van der Waals surface area contributed by atoms with Crippen molar-refractivity contribution in [2.75, 3.05) is 6.54 Å². The van der Waals surface area contributed by atoms with Crippen LogP contribution >= 0.6 is 0 Å². The molecule has 0 bridgehead atoms. The van der Waals surface area contributed by atoms with Crippen LogP contribution in [0.1, 0.15) is 59.0 Å². The van der Waals surface area contributed by atoms with Crippen LogP contribution in [0.15, 0.2) is 41.3 Å². The fraction of sp³-hybridized carbons (Fsp3) is 0.333. The zero-order valence-electron chi connectivity index (χ0n) is 16.9. The third-order valence-corrected chi connectivity index (χ3v) is 5.42. The Morgan fingerprint density at radius 3 is 2.93 bits per heavy atom. The number of imidazole rings is 1. The van der Waals surface area contributed by atoms with E-state index in [2.05, 4.69) is 15.0 Å². The van der Waals surface area contributed by atoms with Crippen molar-refractivity contribution in [3.8, 4) is 0 Å². The number of oxazole rings is 1. The number of aryl methyl sites for hydroxylation is 1. The lowest BCUT2D eigenvalue weighted by atomic mass is 9.99. The maximum absolute atomic E-state index is 14.2. The molecule has 0 spiro atoms. The second kappa shape index (κ2) is 6.51. The zero-order chi connectivity index (χ0) is 21.0. The van der Waals surface area contributed by atoms with Gasteiger partial charge in [0.25, 0.3) is 5.91 Å². The lowest BCUT2D eigenvalue weighted by Crippen LogP contribution is -2.40. The third kappa shape index (κ3) is 2.89. The summed E-state index contributed by atoms with van der Waals surface area (Å²) in [5.74, 6) is -0.492. The molecule has 1 amide bonds. The van der Waals surface area contributed by atoms with Crippen molar-refractivity contribution in [2.45, 2.75) is 38.9 Å². The van der Waals surface area contributed by atoms with Gasteiger partial charge in [-0.3, -0.25) is 4.79 Å². The van der Waals surface area contributed by atoms with Crippen LogP contribution in [-0.4, -0.2) is 41.9 Å². The molecule has 154 valence electrons. The van der Waals surface area contributed by atoms with E-state index in [4.69, 9.17) is 9.52 Å². The van der Waals surface area contributed by atoms with E-state index in [1.54, 1.807) is 15.7 Å². The molecule has 0 radical (unpaired) electrons. The number of H-pyrrole nitrogens is 1. The van der Waals surface area contributed by atoms with Crippen LogP contribution in [0.5, 0.6) is 0 Å². The molecule has 0 fully saturated rings. The summed E-state index contributed by atoms with van der Waals surface area (Å²) in [4.78, 5) is 26.6. The first-order chi connectivity index (χ1) is 14.3.